The topological polar surface area (TPSA) is 92.0 Å². The van der Waals surface area contributed by atoms with Crippen molar-refractivity contribution in [2.45, 2.75) is 25.4 Å². The highest BCUT2D eigenvalue weighted by molar-refractivity contribution is 7.09. The Morgan fingerprint density at radius 2 is 2.03 bits per heavy atom. The zero-order valence-electron chi connectivity index (χ0n) is 15.8. The zero-order chi connectivity index (χ0) is 21.7. The molecule has 0 radical (unpaired) electrons. The molecule has 4 rings (SSSR count). The predicted molar refractivity (Wildman–Crippen MR) is 101 cm³/mol. The fourth-order valence-corrected chi connectivity index (χ4v) is 4.28. The van der Waals surface area contributed by atoms with Crippen LogP contribution in [0, 0.1) is 11.8 Å². The molecule has 3 atom stereocenters. The van der Waals surface area contributed by atoms with Gasteiger partial charge in [0.25, 0.3) is 0 Å². The molecule has 0 aromatic carbocycles. The lowest BCUT2D eigenvalue weighted by molar-refractivity contribution is -0.192. The second-order valence-electron chi connectivity index (χ2n) is 7.02. The number of carbonyl (C=O) groups is 2. The van der Waals surface area contributed by atoms with Crippen molar-refractivity contribution in [3.63, 3.8) is 0 Å². The third-order valence-electron chi connectivity index (χ3n) is 4.95. The van der Waals surface area contributed by atoms with Crippen LogP contribution in [-0.4, -0.2) is 53.9 Å². The zero-order valence-corrected chi connectivity index (χ0v) is 16.6. The normalized spacial score (nSPS) is 23.5. The number of carboxylic acids is 1. The summed E-state index contributed by atoms with van der Waals surface area (Å²) in [6.45, 7) is 3.78. The number of thiophene rings is 1. The molecule has 2 aliphatic heterocycles. The van der Waals surface area contributed by atoms with Crippen LogP contribution in [0.15, 0.2) is 40.3 Å². The molecule has 2 N–H and O–H groups in total. The number of rotatable bonds is 5. The second-order valence-corrected chi connectivity index (χ2v) is 8.05. The number of halogens is 3. The molecule has 1 amide bonds. The van der Waals surface area contributed by atoms with Crippen LogP contribution in [0.2, 0.25) is 0 Å². The number of alkyl halides is 3. The number of nitrogens with one attached hydrogen (secondary N) is 1. The molecule has 0 bridgehead atoms. The molecule has 2 fully saturated rings. The number of carbonyl (C=O) groups excluding carboxylic acids is 1. The van der Waals surface area contributed by atoms with E-state index in [9.17, 15) is 18.0 Å². The van der Waals surface area contributed by atoms with Crippen molar-refractivity contribution in [2.75, 3.05) is 19.7 Å². The monoisotopic (exact) mass is 446 g/mol. The summed E-state index contributed by atoms with van der Waals surface area (Å²) < 4.78 is 42.9. The first kappa shape index (κ1) is 22.3. The summed E-state index contributed by atoms with van der Waals surface area (Å²) in [5, 5.41) is 12.2. The highest BCUT2D eigenvalue weighted by Crippen LogP contribution is 2.34. The molecule has 4 heterocycles. The Balaban J connectivity index is 0.000000318. The van der Waals surface area contributed by atoms with Crippen LogP contribution in [0.3, 0.4) is 0 Å². The molecule has 7 nitrogen and oxygen atoms in total. The molecule has 0 saturated carbocycles. The van der Waals surface area contributed by atoms with E-state index in [2.05, 4.69) is 27.7 Å². The van der Waals surface area contributed by atoms with Crippen molar-refractivity contribution in [2.24, 2.45) is 11.8 Å². The van der Waals surface area contributed by atoms with E-state index in [1.54, 1.807) is 17.6 Å². The maximum Gasteiger partial charge on any atom is 0.490 e. The number of hydrogen-bond acceptors (Lipinski definition) is 6. The Hall–Kier alpha value is -2.37. The van der Waals surface area contributed by atoms with E-state index in [1.165, 1.54) is 4.88 Å². The first-order chi connectivity index (χ1) is 14.2. The maximum atomic E-state index is 12.5. The average Bonchev–Trinajstić information content (AvgIpc) is 3.45. The molecular formula is C19H21F3N2O5S. The molecule has 0 unspecified atom stereocenters. The van der Waals surface area contributed by atoms with Gasteiger partial charge in [-0.1, -0.05) is 6.07 Å². The van der Waals surface area contributed by atoms with E-state index < -0.39 is 12.1 Å². The number of amides is 1. The smallest absolute Gasteiger partial charge is 0.475 e. The molecule has 11 heteroatoms. The first-order valence-electron chi connectivity index (χ1n) is 9.20. The van der Waals surface area contributed by atoms with E-state index in [0.717, 1.165) is 25.4 Å². The lowest BCUT2D eigenvalue weighted by atomic mass is 9.92. The lowest BCUT2D eigenvalue weighted by Gasteiger charge is -2.18. The van der Waals surface area contributed by atoms with E-state index in [4.69, 9.17) is 19.1 Å². The van der Waals surface area contributed by atoms with Crippen molar-refractivity contribution in [3.05, 3.63) is 46.5 Å². The van der Waals surface area contributed by atoms with Gasteiger partial charge in [-0.05, 0) is 23.6 Å². The molecule has 2 aromatic rings. The molecule has 2 saturated heterocycles. The number of nitrogens with zero attached hydrogens (tertiary/aromatic N) is 1. The maximum absolute atomic E-state index is 12.5. The summed E-state index contributed by atoms with van der Waals surface area (Å²) in [5.74, 6) is -1.66. The highest BCUT2D eigenvalue weighted by Gasteiger charge is 2.46. The van der Waals surface area contributed by atoms with E-state index in [1.807, 2.05) is 12.1 Å². The Kier molecular flexibility index (Phi) is 7.16. The highest BCUT2D eigenvalue weighted by atomic mass is 32.1. The second kappa shape index (κ2) is 9.63. The lowest BCUT2D eigenvalue weighted by Crippen LogP contribution is -2.36. The minimum absolute atomic E-state index is 0.0525. The summed E-state index contributed by atoms with van der Waals surface area (Å²) in [6.07, 6.45) is -3.27. The number of furan rings is 1. The predicted octanol–water partition coefficient (Wildman–Crippen LogP) is 2.74. The van der Waals surface area contributed by atoms with Gasteiger partial charge in [-0.15, -0.1) is 11.3 Å². The Morgan fingerprint density at radius 1 is 1.27 bits per heavy atom. The molecule has 2 aliphatic rings. The van der Waals surface area contributed by atoms with E-state index >= 15 is 0 Å². The first-order valence-corrected chi connectivity index (χ1v) is 10.1. The van der Waals surface area contributed by atoms with Crippen molar-refractivity contribution < 1.29 is 37.0 Å². The summed E-state index contributed by atoms with van der Waals surface area (Å²) in [7, 11) is 0. The van der Waals surface area contributed by atoms with Crippen LogP contribution in [0.5, 0.6) is 0 Å². The van der Waals surface area contributed by atoms with Gasteiger partial charge in [0.15, 0.2) is 0 Å². The Bertz CT molecular complexity index is 826. The molecule has 164 valence electrons. The van der Waals surface area contributed by atoms with Gasteiger partial charge in [0.2, 0.25) is 5.91 Å². The summed E-state index contributed by atoms with van der Waals surface area (Å²) in [5.41, 5.74) is 0. The van der Waals surface area contributed by atoms with Crippen LogP contribution in [-0.2, 0) is 27.4 Å². The summed E-state index contributed by atoms with van der Waals surface area (Å²) in [4.78, 5) is 25.1. The average molecular weight is 446 g/mol. The number of hydrogen-bond donors (Lipinski definition) is 2. The number of aliphatic carboxylic acids is 1. The van der Waals surface area contributed by atoms with Crippen LogP contribution in [0.1, 0.15) is 10.6 Å². The van der Waals surface area contributed by atoms with E-state index in [0.29, 0.717) is 19.1 Å². The number of likely N-dealkylation sites (tertiary alicyclic amines) is 1. The van der Waals surface area contributed by atoms with Crippen LogP contribution < -0.4 is 5.32 Å². The van der Waals surface area contributed by atoms with Crippen LogP contribution >= 0.6 is 11.3 Å². The van der Waals surface area contributed by atoms with Gasteiger partial charge in [-0.3, -0.25) is 9.69 Å². The van der Waals surface area contributed by atoms with Gasteiger partial charge in [-0.25, -0.2) is 4.79 Å². The summed E-state index contributed by atoms with van der Waals surface area (Å²) >= 11 is 1.78. The van der Waals surface area contributed by atoms with Gasteiger partial charge < -0.3 is 19.6 Å². The third-order valence-corrected chi connectivity index (χ3v) is 5.81. The SMILES string of the molecule is O=C(NCc1ccco1)[C@H]1CO[C@@H]2CN(Cc3cccs3)C[C@H]12.O=C(O)C(F)(F)F. The van der Waals surface area contributed by atoms with Crippen molar-refractivity contribution >= 4 is 23.2 Å². The van der Waals surface area contributed by atoms with Crippen LogP contribution in [0.4, 0.5) is 13.2 Å². The Morgan fingerprint density at radius 3 is 2.63 bits per heavy atom. The van der Waals surface area contributed by atoms with Gasteiger partial charge in [0.05, 0.1) is 31.4 Å². The largest absolute Gasteiger partial charge is 0.490 e. The van der Waals surface area contributed by atoms with E-state index in [-0.39, 0.29) is 17.9 Å². The van der Waals surface area contributed by atoms with Gasteiger partial charge in [0, 0.05) is 30.4 Å². The van der Waals surface area contributed by atoms with Crippen molar-refractivity contribution in [3.8, 4) is 0 Å². The number of carboxylic acid groups (broad SMARTS) is 1. The fourth-order valence-electron chi connectivity index (χ4n) is 3.53. The molecule has 2 aromatic heterocycles. The third kappa shape index (κ3) is 5.83. The minimum atomic E-state index is -5.08. The molecule has 0 aliphatic carbocycles. The number of ether oxygens (including phenoxy) is 1. The van der Waals surface area contributed by atoms with Gasteiger partial charge in [-0.2, -0.15) is 13.2 Å². The van der Waals surface area contributed by atoms with Crippen LogP contribution in [0.25, 0.3) is 0 Å². The standard InChI is InChI=1S/C17H20N2O3S.C2HF3O2/c20-17(18-7-12-3-1-5-21-12)15-11-22-16-10-19(9-14(15)16)8-13-4-2-6-23-13;3-2(4,5)1(6)7/h1-6,14-16H,7-11H2,(H,18,20);(H,6,7)/t14-,15+,16-;/m1./s1. The van der Waals surface area contributed by atoms with Gasteiger partial charge in [0.1, 0.15) is 5.76 Å². The molecule has 0 spiro atoms. The van der Waals surface area contributed by atoms with Crippen molar-refractivity contribution in [1.29, 1.82) is 0 Å². The molecule has 30 heavy (non-hydrogen) atoms. The quantitative estimate of drug-likeness (QED) is 0.734. The van der Waals surface area contributed by atoms with Crippen molar-refractivity contribution in [1.82, 2.24) is 10.2 Å². The summed E-state index contributed by atoms with van der Waals surface area (Å²) in [6, 6.07) is 7.94. The minimum Gasteiger partial charge on any atom is -0.475 e. The Labute approximate surface area is 174 Å². The molecular weight excluding hydrogens is 425 g/mol. The number of fused-ring (bicyclic) bond motifs is 1. The van der Waals surface area contributed by atoms with Gasteiger partial charge >= 0.3 is 12.1 Å². The fraction of sp³-hybridized carbons (Fsp3) is 0.474.